The smallest absolute Gasteiger partial charge is 0.333 e. The molecule has 0 aliphatic heterocycles. The van der Waals surface area contributed by atoms with Gasteiger partial charge in [0.2, 0.25) is 5.91 Å². The third kappa shape index (κ3) is 4.71. The molecule has 0 spiro atoms. The molecule has 0 radical (unpaired) electrons. The number of carbonyl (C=O) groups is 1. The Morgan fingerprint density at radius 3 is 2.50 bits per heavy atom. The van der Waals surface area contributed by atoms with Crippen molar-refractivity contribution in [1.82, 2.24) is 9.88 Å². The predicted molar refractivity (Wildman–Crippen MR) is 77.2 cm³/mol. The predicted octanol–water partition coefficient (Wildman–Crippen LogP) is 3.62. The monoisotopic (exact) mass is 314 g/mol. The Balaban J connectivity index is 2.07. The highest BCUT2D eigenvalue weighted by Crippen LogP contribution is 2.48. The van der Waals surface area contributed by atoms with E-state index < -0.39 is 18.6 Å². The van der Waals surface area contributed by atoms with Gasteiger partial charge in [0.1, 0.15) is 6.54 Å². The van der Waals surface area contributed by atoms with Gasteiger partial charge < -0.3 is 4.90 Å². The Labute approximate surface area is 128 Å². The average molecular weight is 314 g/mol. The van der Waals surface area contributed by atoms with E-state index in [1.54, 1.807) is 18.5 Å². The van der Waals surface area contributed by atoms with Crippen LogP contribution in [0.3, 0.4) is 0 Å². The van der Waals surface area contributed by atoms with E-state index in [0.717, 1.165) is 10.5 Å². The maximum Gasteiger partial charge on any atom is 0.406 e. The summed E-state index contributed by atoms with van der Waals surface area (Å²) in [5.74, 6) is -0.757. The van der Waals surface area contributed by atoms with Crippen molar-refractivity contribution in [2.75, 3.05) is 13.1 Å². The standard InChI is InChI=1S/C16H21F3N2O/c1-15(2,3)9-21(10-16(17,18)19)14(22)13-7-12(13)11-5-4-6-20-8-11/h4-6,8,12-13H,7,9-10H2,1-3H3/t12-,13+/m1/s1. The van der Waals surface area contributed by atoms with Gasteiger partial charge in [0.05, 0.1) is 0 Å². The molecule has 1 fully saturated rings. The van der Waals surface area contributed by atoms with Crippen LogP contribution in [0.4, 0.5) is 13.2 Å². The first-order valence-corrected chi connectivity index (χ1v) is 7.32. The molecule has 0 saturated heterocycles. The second-order valence-corrected chi connectivity index (χ2v) is 7.11. The second kappa shape index (κ2) is 5.89. The van der Waals surface area contributed by atoms with Crippen molar-refractivity contribution in [1.29, 1.82) is 0 Å². The molecule has 2 rings (SSSR count). The fourth-order valence-electron chi connectivity index (χ4n) is 2.67. The van der Waals surface area contributed by atoms with Crippen molar-refractivity contribution >= 4 is 5.91 Å². The largest absolute Gasteiger partial charge is 0.406 e. The lowest BCUT2D eigenvalue weighted by Crippen LogP contribution is -2.44. The number of pyridine rings is 1. The molecule has 1 saturated carbocycles. The Kier molecular flexibility index (Phi) is 4.49. The molecule has 3 nitrogen and oxygen atoms in total. The van der Waals surface area contributed by atoms with Crippen molar-refractivity contribution in [2.45, 2.75) is 39.3 Å². The molecule has 22 heavy (non-hydrogen) atoms. The van der Waals surface area contributed by atoms with Crippen LogP contribution in [0.15, 0.2) is 24.5 Å². The number of nitrogens with zero attached hydrogens (tertiary/aromatic N) is 2. The Morgan fingerprint density at radius 2 is 2.00 bits per heavy atom. The zero-order chi connectivity index (χ0) is 16.5. The van der Waals surface area contributed by atoms with E-state index >= 15 is 0 Å². The second-order valence-electron chi connectivity index (χ2n) is 7.11. The topological polar surface area (TPSA) is 33.2 Å². The van der Waals surface area contributed by atoms with Gasteiger partial charge in [-0.1, -0.05) is 26.8 Å². The van der Waals surface area contributed by atoms with E-state index in [2.05, 4.69) is 4.98 Å². The van der Waals surface area contributed by atoms with E-state index in [1.807, 2.05) is 26.8 Å². The molecule has 0 unspecified atom stereocenters. The highest BCUT2D eigenvalue weighted by Gasteiger charge is 2.48. The van der Waals surface area contributed by atoms with Crippen molar-refractivity contribution < 1.29 is 18.0 Å². The van der Waals surface area contributed by atoms with Crippen LogP contribution in [0, 0.1) is 11.3 Å². The van der Waals surface area contributed by atoms with E-state index in [1.165, 1.54) is 0 Å². The molecule has 0 bridgehead atoms. The molecule has 1 amide bonds. The molecule has 1 aromatic rings. The van der Waals surface area contributed by atoms with Gasteiger partial charge in [0, 0.05) is 24.9 Å². The van der Waals surface area contributed by atoms with Gasteiger partial charge in [-0.05, 0) is 29.4 Å². The number of hydrogen-bond donors (Lipinski definition) is 0. The first kappa shape index (κ1) is 16.8. The molecule has 6 heteroatoms. The molecule has 1 aromatic heterocycles. The third-order valence-corrected chi connectivity index (χ3v) is 3.57. The van der Waals surface area contributed by atoms with Crippen LogP contribution >= 0.6 is 0 Å². The van der Waals surface area contributed by atoms with Gasteiger partial charge in [-0.15, -0.1) is 0 Å². The number of alkyl halides is 3. The van der Waals surface area contributed by atoms with Crippen LogP contribution in [-0.4, -0.2) is 35.1 Å². The van der Waals surface area contributed by atoms with Gasteiger partial charge >= 0.3 is 6.18 Å². The van der Waals surface area contributed by atoms with Crippen molar-refractivity contribution in [2.24, 2.45) is 11.3 Å². The van der Waals surface area contributed by atoms with Gasteiger partial charge in [-0.25, -0.2) is 0 Å². The zero-order valence-corrected chi connectivity index (χ0v) is 13.0. The van der Waals surface area contributed by atoms with E-state index in [4.69, 9.17) is 0 Å². The van der Waals surface area contributed by atoms with Gasteiger partial charge in [-0.2, -0.15) is 13.2 Å². The fraction of sp³-hybridized carbons (Fsp3) is 0.625. The summed E-state index contributed by atoms with van der Waals surface area (Å²) in [6, 6.07) is 3.64. The number of carbonyl (C=O) groups excluding carboxylic acids is 1. The Hall–Kier alpha value is -1.59. The van der Waals surface area contributed by atoms with Crippen LogP contribution in [0.5, 0.6) is 0 Å². The van der Waals surface area contributed by atoms with Gasteiger partial charge in [-0.3, -0.25) is 9.78 Å². The third-order valence-electron chi connectivity index (χ3n) is 3.57. The molecule has 0 aromatic carbocycles. The van der Waals surface area contributed by atoms with E-state index in [9.17, 15) is 18.0 Å². The average Bonchev–Trinajstić information content (AvgIpc) is 3.15. The molecule has 1 aliphatic carbocycles. The summed E-state index contributed by atoms with van der Waals surface area (Å²) >= 11 is 0. The maximum atomic E-state index is 12.7. The van der Waals surface area contributed by atoms with Crippen molar-refractivity contribution in [3.05, 3.63) is 30.1 Å². The number of hydrogen-bond acceptors (Lipinski definition) is 2. The SMILES string of the molecule is CC(C)(C)CN(CC(F)(F)F)C(=O)[C@H]1C[C@@H]1c1cccnc1. The molecule has 1 aliphatic rings. The number of rotatable bonds is 4. The zero-order valence-electron chi connectivity index (χ0n) is 13.0. The summed E-state index contributed by atoms with van der Waals surface area (Å²) in [7, 11) is 0. The lowest BCUT2D eigenvalue weighted by atomic mass is 9.95. The van der Waals surface area contributed by atoms with Crippen LogP contribution in [0.2, 0.25) is 0 Å². The maximum absolute atomic E-state index is 12.7. The normalized spacial score (nSPS) is 21.5. The minimum atomic E-state index is -4.38. The minimum Gasteiger partial charge on any atom is -0.333 e. The minimum absolute atomic E-state index is 0.00287. The lowest BCUT2D eigenvalue weighted by molar-refractivity contribution is -0.164. The fourth-order valence-corrected chi connectivity index (χ4v) is 2.67. The molecule has 2 atom stereocenters. The first-order valence-electron chi connectivity index (χ1n) is 7.32. The number of amides is 1. The number of halogens is 3. The highest BCUT2D eigenvalue weighted by atomic mass is 19.4. The molecular weight excluding hydrogens is 293 g/mol. The first-order chi connectivity index (χ1) is 10.1. The quantitative estimate of drug-likeness (QED) is 0.850. The molecular formula is C16H21F3N2O. The van der Waals surface area contributed by atoms with Gasteiger partial charge in [0.15, 0.2) is 0 Å². The van der Waals surface area contributed by atoms with Crippen molar-refractivity contribution in [3.63, 3.8) is 0 Å². The van der Waals surface area contributed by atoms with Crippen LogP contribution in [0.25, 0.3) is 0 Å². The van der Waals surface area contributed by atoms with Crippen LogP contribution in [0.1, 0.15) is 38.7 Å². The van der Waals surface area contributed by atoms with E-state index in [0.29, 0.717) is 6.42 Å². The molecule has 1 heterocycles. The highest BCUT2D eigenvalue weighted by molar-refractivity contribution is 5.83. The molecule has 0 N–H and O–H groups in total. The summed E-state index contributed by atoms with van der Waals surface area (Å²) in [4.78, 5) is 17.4. The Bertz CT molecular complexity index is 506. The molecule has 122 valence electrons. The van der Waals surface area contributed by atoms with Crippen LogP contribution in [-0.2, 0) is 4.79 Å². The van der Waals surface area contributed by atoms with E-state index in [-0.39, 0.29) is 23.8 Å². The summed E-state index contributed by atoms with van der Waals surface area (Å²) in [5.41, 5.74) is 0.545. The summed E-state index contributed by atoms with van der Waals surface area (Å²) in [6.07, 6.45) is -0.462. The van der Waals surface area contributed by atoms with Crippen LogP contribution < -0.4 is 0 Å². The number of aromatic nitrogens is 1. The summed E-state index contributed by atoms with van der Waals surface area (Å²) in [5, 5.41) is 0. The van der Waals surface area contributed by atoms with Gasteiger partial charge in [0.25, 0.3) is 0 Å². The van der Waals surface area contributed by atoms with Crippen molar-refractivity contribution in [3.8, 4) is 0 Å². The lowest BCUT2D eigenvalue weighted by Gasteiger charge is -2.31. The summed E-state index contributed by atoms with van der Waals surface area (Å²) < 4.78 is 38.2. The Morgan fingerprint density at radius 1 is 1.32 bits per heavy atom. The summed E-state index contributed by atoms with van der Waals surface area (Å²) in [6.45, 7) is 4.40.